The van der Waals surface area contributed by atoms with Crippen LogP contribution in [0.5, 0.6) is 23.0 Å². The Labute approximate surface area is 127 Å². The van der Waals surface area contributed by atoms with E-state index >= 15 is 0 Å². The number of carboxylic acid groups (broad SMARTS) is 1. The zero-order valence-electron chi connectivity index (χ0n) is 11.2. The molecule has 1 aliphatic rings. The number of hydrogen-bond donors (Lipinski definition) is 4. The second kappa shape index (κ2) is 4.73. The van der Waals surface area contributed by atoms with Crippen molar-refractivity contribution in [3.05, 3.63) is 46.5 Å². The first-order valence-electron chi connectivity index (χ1n) is 6.23. The number of rotatable bonds is 1. The van der Waals surface area contributed by atoms with Crippen molar-refractivity contribution in [3.8, 4) is 23.0 Å². The molecule has 0 atom stereocenters. The highest BCUT2D eigenvalue weighted by molar-refractivity contribution is 6.29. The van der Waals surface area contributed by atoms with Crippen molar-refractivity contribution >= 4 is 17.7 Å². The summed E-state index contributed by atoms with van der Waals surface area (Å²) in [6, 6.07) is 4.35. The van der Waals surface area contributed by atoms with Crippen LogP contribution in [-0.2, 0) is 0 Å². The predicted octanol–water partition coefficient (Wildman–Crippen LogP) is 1.64. The van der Waals surface area contributed by atoms with Crippen molar-refractivity contribution in [2.45, 2.75) is 0 Å². The van der Waals surface area contributed by atoms with Gasteiger partial charge < -0.3 is 25.2 Å². The average molecular weight is 316 g/mol. The summed E-state index contributed by atoms with van der Waals surface area (Å²) < 4.78 is 4.28. The molecule has 8 heteroatoms. The van der Waals surface area contributed by atoms with Gasteiger partial charge in [-0.3, -0.25) is 9.59 Å². The highest BCUT2D eigenvalue weighted by atomic mass is 16.7. The van der Waals surface area contributed by atoms with Gasteiger partial charge in [0.2, 0.25) is 5.75 Å². The van der Waals surface area contributed by atoms with Gasteiger partial charge in [-0.25, -0.2) is 4.79 Å². The van der Waals surface area contributed by atoms with Crippen molar-refractivity contribution in [1.29, 1.82) is 0 Å². The Morgan fingerprint density at radius 1 is 0.870 bits per heavy atom. The van der Waals surface area contributed by atoms with Gasteiger partial charge in [0.15, 0.2) is 23.1 Å². The number of fused-ring (bicyclic) bond motifs is 2. The molecule has 0 aromatic heterocycles. The maximum Gasteiger partial charge on any atom is 0.511 e. The second-order valence-electron chi connectivity index (χ2n) is 4.75. The minimum Gasteiger partial charge on any atom is -0.508 e. The van der Waals surface area contributed by atoms with Crippen LogP contribution >= 0.6 is 0 Å². The molecule has 0 spiro atoms. The zero-order chi connectivity index (χ0) is 16.9. The molecule has 0 fully saturated rings. The molecular formula is C15H8O8. The molecule has 4 N–H and O–H groups in total. The van der Waals surface area contributed by atoms with E-state index in [-0.39, 0.29) is 22.4 Å². The molecule has 0 aliphatic heterocycles. The van der Waals surface area contributed by atoms with Gasteiger partial charge in [-0.15, -0.1) is 0 Å². The number of carbonyl (C=O) groups excluding carboxylic acids is 2. The highest BCUT2D eigenvalue weighted by Gasteiger charge is 2.35. The quantitative estimate of drug-likeness (QED) is 0.301. The maximum atomic E-state index is 12.4. The number of benzene rings is 2. The molecule has 2 aromatic carbocycles. The van der Waals surface area contributed by atoms with Crippen LogP contribution in [0.3, 0.4) is 0 Å². The fraction of sp³-hybridized carbons (Fsp3) is 0. The summed E-state index contributed by atoms with van der Waals surface area (Å²) in [6.45, 7) is 0. The van der Waals surface area contributed by atoms with Gasteiger partial charge >= 0.3 is 6.16 Å². The maximum absolute atomic E-state index is 12.4. The second-order valence-corrected chi connectivity index (χ2v) is 4.75. The number of hydrogen-bond acceptors (Lipinski definition) is 7. The van der Waals surface area contributed by atoms with Crippen LogP contribution in [0, 0.1) is 0 Å². The number of ether oxygens (including phenoxy) is 1. The first kappa shape index (κ1) is 14.4. The van der Waals surface area contributed by atoms with Crippen molar-refractivity contribution < 1.29 is 39.5 Å². The van der Waals surface area contributed by atoms with E-state index in [1.807, 2.05) is 0 Å². The smallest absolute Gasteiger partial charge is 0.508 e. The van der Waals surface area contributed by atoms with Gasteiger partial charge in [0, 0.05) is 16.7 Å². The van der Waals surface area contributed by atoms with Crippen LogP contribution < -0.4 is 4.74 Å². The Hall–Kier alpha value is -3.55. The molecule has 116 valence electrons. The van der Waals surface area contributed by atoms with Crippen LogP contribution in [0.1, 0.15) is 31.8 Å². The number of phenolic OH excluding ortho intramolecular Hbond substituents is 3. The molecule has 0 saturated carbocycles. The van der Waals surface area contributed by atoms with Gasteiger partial charge in [-0.1, -0.05) is 0 Å². The number of ketones is 2. The van der Waals surface area contributed by atoms with Crippen molar-refractivity contribution in [3.63, 3.8) is 0 Å². The molecule has 1 aliphatic carbocycles. The lowest BCUT2D eigenvalue weighted by Gasteiger charge is -2.20. The molecule has 3 rings (SSSR count). The fourth-order valence-corrected chi connectivity index (χ4v) is 2.41. The normalized spacial score (nSPS) is 12.5. The Morgan fingerprint density at radius 3 is 2.22 bits per heavy atom. The summed E-state index contributed by atoms with van der Waals surface area (Å²) in [4.78, 5) is 35.4. The molecular weight excluding hydrogens is 308 g/mol. The van der Waals surface area contributed by atoms with E-state index in [1.54, 1.807) is 0 Å². The van der Waals surface area contributed by atoms with E-state index in [9.17, 15) is 29.7 Å². The number of phenols is 3. The van der Waals surface area contributed by atoms with Crippen LogP contribution in [-0.4, -0.2) is 38.1 Å². The van der Waals surface area contributed by atoms with E-state index in [2.05, 4.69) is 4.74 Å². The molecule has 0 saturated heterocycles. The summed E-state index contributed by atoms with van der Waals surface area (Å²) in [7, 11) is 0. The Morgan fingerprint density at radius 2 is 1.57 bits per heavy atom. The topological polar surface area (TPSA) is 141 Å². The van der Waals surface area contributed by atoms with Crippen LogP contribution in [0.15, 0.2) is 24.3 Å². The Balaban J connectivity index is 2.29. The van der Waals surface area contributed by atoms with Crippen molar-refractivity contribution in [2.75, 3.05) is 0 Å². The molecule has 0 bridgehead atoms. The molecule has 0 radical (unpaired) electrons. The van der Waals surface area contributed by atoms with Gasteiger partial charge in [0.1, 0.15) is 5.75 Å². The average Bonchev–Trinajstić information content (AvgIpc) is 2.48. The third-order valence-corrected chi connectivity index (χ3v) is 3.40. The lowest BCUT2D eigenvalue weighted by Crippen LogP contribution is -2.21. The highest BCUT2D eigenvalue weighted by Crippen LogP contribution is 2.44. The SMILES string of the molecule is O=C(O)Oc1cc2c(c(O)c1O)C(=O)c1ccc(O)cc1C2=O. The largest absolute Gasteiger partial charge is 0.511 e. The van der Waals surface area contributed by atoms with Crippen LogP contribution in [0.25, 0.3) is 0 Å². The van der Waals surface area contributed by atoms with E-state index in [0.29, 0.717) is 0 Å². The summed E-state index contributed by atoms with van der Waals surface area (Å²) in [5.41, 5.74) is -0.946. The first-order chi connectivity index (χ1) is 10.8. The summed E-state index contributed by atoms with van der Waals surface area (Å²) in [5, 5.41) is 37.8. The van der Waals surface area contributed by atoms with Gasteiger partial charge in [0.05, 0.1) is 5.56 Å². The minimum absolute atomic E-state index is 0.0538. The monoisotopic (exact) mass is 316 g/mol. The summed E-state index contributed by atoms with van der Waals surface area (Å²) in [5.74, 6) is -4.30. The standard InChI is InChI=1S/C15H8O8/c16-5-1-2-6-7(3-5)11(17)8-4-9(23-15(21)22)13(19)14(20)10(8)12(6)18/h1-4,16,19-20H,(H,21,22). The first-order valence-corrected chi connectivity index (χ1v) is 6.23. The van der Waals surface area contributed by atoms with E-state index in [4.69, 9.17) is 5.11 Å². The summed E-state index contributed by atoms with van der Waals surface area (Å²) >= 11 is 0. The third kappa shape index (κ3) is 2.04. The van der Waals surface area contributed by atoms with Crippen molar-refractivity contribution in [2.24, 2.45) is 0 Å². The Kier molecular flexibility index (Phi) is 2.96. The molecule has 0 heterocycles. The Bertz CT molecular complexity index is 897. The lowest BCUT2D eigenvalue weighted by molar-refractivity contribution is 0.0975. The minimum atomic E-state index is -1.77. The van der Waals surface area contributed by atoms with Gasteiger partial charge in [-0.2, -0.15) is 0 Å². The van der Waals surface area contributed by atoms with Crippen LogP contribution in [0.2, 0.25) is 0 Å². The van der Waals surface area contributed by atoms with E-state index in [0.717, 1.165) is 12.1 Å². The van der Waals surface area contributed by atoms with E-state index < -0.39 is 40.5 Å². The fourth-order valence-electron chi connectivity index (χ4n) is 2.41. The zero-order valence-corrected chi connectivity index (χ0v) is 11.2. The van der Waals surface area contributed by atoms with Crippen molar-refractivity contribution in [1.82, 2.24) is 0 Å². The van der Waals surface area contributed by atoms with Gasteiger partial charge in [-0.05, 0) is 24.3 Å². The number of carbonyl (C=O) groups is 3. The van der Waals surface area contributed by atoms with E-state index in [1.165, 1.54) is 12.1 Å². The summed E-state index contributed by atoms with van der Waals surface area (Å²) in [6.07, 6.45) is -1.77. The molecule has 23 heavy (non-hydrogen) atoms. The van der Waals surface area contributed by atoms with Gasteiger partial charge in [0.25, 0.3) is 0 Å². The molecule has 0 unspecified atom stereocenters. The molecule has 0 amide bonds. The van der Waals surface area contributed by atoms with Crippen LogP contribution in [0.4, 0.5) is 4.79 Å². The third-order valence-electron chi connectivity index (χ3n) is 3.40. The molecule has 8 nitrogen and oxygen atoms in total. The number of aromatic hydroxyl groups is 3. The predicted molar refractivity (Wildman–Crippen MR) is 73.4 cm³/mol. The lowest BCUT2D eigenvalue weighted by atomic mass is 9.83. The molecule has 2 aromatic rings.